The minimum atomic E-state index is -0.0846. The fourth-order valence-corrected chi connectivity index (χ4v) is 3.28. The van der Waals surface area contributed by atoms with Crippen LogP contribution in [-0.4, -0.2) is 42.6 Å². The third kappa shape index (κ3) is 2.98. The summed E-state index contributed by atoms with van der Waals surface area (Å²) < 4.78 is 11.2. The molecule has 0 saturated carbocycles. The molecule has 2 heterocycles. The summed E-state index contributed by atoms with van der Waals surface area (Å²) in [5.74, 6) is 0.758. The van der Waals surface area contributed by atoms with E-state index in [9.17, 15) is 4.79 Å². The maximum Gasteiger partial charge on any atom is 0.256 e. The molecule has 1 fully saturated rings. The Morgan fingerprint density at radius 3 is 2.88 bits per heavy atom. The first-order valence-electron chi connectivity index (χ1n) is 8.37. The molecule has 1 saturated heterocycles. The Balaban J connectivity index is 1.60. The van der Waals surface area contributed by atoms with Gasteiger partial charge < -0.3 is 19.4 Å². The highest BCUT2D eigenvalue weighted by molar-refractivity contribution is 6.07. The summed E-state index contributed by atoms with van der Waals surface area (Å²) in [5.41, 5.74) is 2.69. The van der Waals surface area contributed by atoms with E-state index in [-0.39, 0.29) is 12.0 Å². The smallest absolute Gasteiger partial charge is 0.256 e. The van der Waals surface area contributed by atoms with Crippen molar-refractivity contribution in [1.29, 1.82) is 0 Å². The van der Waals surface area contributed by atoms with Crippen molar-refractivity contribution < 1.29 is 14.3 Å². The van der Waals surface area contributed by atoms with Gasteiger partial charge in [-0.05, 0) is 23.8 Å². The van der Waals surface area contributed by atoms with Crippen LogP contribution in [0.15, 0.2) is 54.7 Å². The molecule has 0 aliphatic carbocycles. The second kappa shape index (κ2) is 6.61. The normalized spacial score (nSPS) is 17.6. The van der Waals surface area contributed by atoms with Crippen LogP contribution in [0.3, 0.4) is 0 Å². The van der Waals surface area contributed by atoms with Crippen LogP contribution in [0.5, 0.6) is 5.75 Å². The molecule has 0 spiro atoms. The van der Waals surface area contributed by atoms with Gasteiger partial charge in [-0.1, -0.05) is 30.3 Å². The summed E-state index contributed by atoms with van der Waals surface area (Å²) in [6.07, 6.45) is 1.69. The van der Waals surface area contributed by atoms with E-state index in [2.05, 4.69) is 4.98 Å². The SMILES string of the molecule is COc1ccc2[nH]cc(C(=O)N3CCOC(c4ccccc4)C3)c2c1. The molecule has 1 N–H and O–H groups in total. The molecule has 3 aromatic rings. The summed E-state index contributed by atoms with van der Waals surface area (Å²) in [4.78, 5) is 18.1. The quantitative estimate of drug-likeness (QED) is 0.798. The number of aromatic amines is 1. The first kappa shape index (κ1) is 15.7. The van der Waals surface area contributed by atoms with Gasteiger partial charge in [0.1, 0.15) is 11.9 Å². The Bertz CT molecular complexity index is 888. The van der Waals surface area contributed by atoms with Gasteiger partial charge in [0.25, 0.3) is 5.91 Å². The van der Waals surface area contributed by atoms with E-state index in [1.807, 2.05) is 53.4 Å². The van der Waals surface area contributed by atoms with Crippen LogP contribution < -0.4 is 4.74 Å². The van der Waals surface area contributed by atoms with E-state index >= 15 is 0 Å². The van der Waals surface area contributed by atoms with Gasteiger partial charge >= 0.3 is 0 Å². The van der Waals surface area contributed by atoms with E-state index in [1.54, 1.807) is 13.3 Å². The molecule has 1 aliphatic rings. The number of morpholine rings is 1. The van der Waals surface area contributed by atoms with Crippen molar-refractivity contribution in [3.05, 3.63) is 65.9 Å². The number of fused-ring (bicyclic) bond motifs is 1. The molecule has 25 heavy (non-hydrogen) atoms. The highest BCUT2D eigenvalue weighted by atomic mass is 16.5. The number of rotatable bonds is 3. The topological polar surface area (TPSA) is 54.6 Å². The van der Waals surface area contributed by atoms with Crippen LogP contribution in [0, 0.1) is 0 Å². The van der Waals surface area contributed by atoms with Gasteiger partial charge in [-0.25, -0.2) is 0 Å². The van der Waals surface area contributed by atoms with E-state index in [0.29, 0.717) is 25.3 Å². The third-order valence-corrected chi connectivity index (χ3v) is 4.64. The molecule has 1 unspecified atom stereocenters. The van der Waals surface area contributed by atoms with Crippen molar-refractivity contribution >= 4 is 16.8 Å². The first-order valence-corrected chi connectivity index (χ1v) is 8.37. The molecule has 0 radical (unpaired) electrons. The van der Waals surface area contributed by atoms with E-state index in [4.69, 9.17) is 9.47 Å². The Morgan fingerprint density at radius 2 is 2.08 bits per heavy atom. The molecule has 1 aromatic heterocycles. The van der Waals surface area contributed by atoms with Gasteiger partial charge in [-0.2, -0.15) is 0 Å². The number of benzene rings is 2. The Hall–Kier alpha value is -2.79. The van der Waals surface area contributed by atoms with Gasteiger partial charge in [0.2, 0.25) is 0 Å². The molecule has 1 atom stereocenters. The van der Waals surface area contributed by atoms with Crippen molar-refractivity contribution in [2.45, 2.75) is 6.10 Å². The van der Waals surface area contributed by atoms with Crippen molar-refractivity contribution in [1.82, 2.24) is 9.88 Å². The highest BCUT2D eigenvalue weighted by Crippen LogP contribution is 2.27. The Labute approximate surface area is 146 Å². The van der Waals surface area contributed by atoms with Crippen molar-refractivity contribution in [2.24, 2.45) is 0 Å². The monoisotopic (exact) mass is 336 g/mol. The van der Waals surface area contributed by atoms with Crippen LogP contribution in [0.2, 0.25) is 0 Å². The number of carbonyl (C=O) groups is 1. The zero-order valence-electron chi connectivity index (χ0n) is 14.1. The lowest BCUT2D eigenvalue weighted by Gasteiger charge is -2.33. The van der Waals surface area contributed by atoms with Gasteiger partial charge in [0.15, 0.2) is 0 Å². The molecular weight excluding hydrogens is 316 g/mol. The fourth-order valence-electron chi connectivity index (χ4n) is 3.28. The van der Waals surface area contributed by atoms with E-state index < -0.39 is 0 Å². The van der Waals surface area contributed by atoms with Gasteiger partial charge in [0, 0.05) is 23.6 Å². The summed E-state index contributed by atoms with van der Waals surface area (Å²) >= 11 is 0. The minimum Gasteiger partial charge on any atom is -0.497 e. The molecule has 5 nitrogen and oxygen atoms in total. The van der Waals surface area contributed by atoms with Crippen LogP contribution in [0.4, 0.5) is 0 Å². The van der Waals surface area contributed by atoms with E-state index in [1.165, 1.54) is 0 Å². The number of aromatic nitrogens is 1. The second-order valence-corrected chi connectivity index (χ2v) is 6.14. The number of carbonyl (C=O) groups excluding carboxylic acids is 1. The number of hydrogen-bond acceptors (Lipinski definition) is 3. The highest BCUT2D eigenvalue weighted by Gasteiger charge is 2.27. The maximum absolute atomic E-state index is 13.1. The van der Waals surface area contributed by atoms with Crippen LogP contribution >= 0.6 is 0 Å². The van der Waals surface area contributed by atoms with Crippen LogP contribution in [-0.2, 0) is 4.74 Å². The summed E-state index contributed by atoms with van der Waals surface area (Å²) in [6.45, 7) is 1.69. The first-order chi connectivity index (χ1) is 12.3. The summed E-state index contributed by atoms with van der Waals surface area (Å²) in [6, 6.07) is 15.7. The lowest BCUT2D eigenvalue weighted by atomic mass is 10.1. The molecule has 5 heteroatoms. The lowest BCUT2D eigenvalue weighted by molar-refractivity contribution is -0.0227. The maximum atomic E-state index is 13.1. The average Bonchev–Trinajstić information content (AvgIpc) is 3.11. The number of nitrogens with zero attached hydrogens (tertiary/aromatic N) is 1. The van der Waals surface area contributed by atoms with Gasteiger partial charge in [0.05, 0.1) is 25.8 Å². The van der Waals surface area contributed by atoms with Crippen LogP contribution in [0.1, 0.15) is 22.0 Å². The third-order valence-electron chi connectivity index (χ3n) is 4.64. The lowest BCUT2D eigenvalue weighted by Crippen LogP contribution is -2.42. The zero-order chi connectivity index (χ0) is 17.2. The Morgan fingerprint density at radius 1 is 1.24 bits per heavy atom. The minimum absolute atomic E-state index is 0.0173. The fraction of sp³-hybridized carbons (Fsp3) is 0.250. The largest absolute Gasteiger partial charge is 0.497 e. The molecule has 1 amide bonds. The predicted octanol–water partition coefficient (Wildman–Crippen LogP) is 3.39. The predicted molar refractivity (Wildman–Crippen MR) is 95.9 cm³/mol. The summed E-state index contributed by atoms with van der Waals surface area (Å²) in [7, 11) is 1.63. The van der Waals surface area contributed by atoms with Crippen LogP contribution in [0.25, 0.3) is 10.9 Å². The van der Waals surface area contributed by atoms with Gasteiger partial charge in [-0.3, -0.25) is 4.79 Å². The average molecular weight is 336 g/mol. The number of nitrogens with one attached hydrogen (secondary N) is 1. The number of amides is 1. The molecular formula is C20H20N2O3. The standard InChI is InChI=1S/C20H20N2O3/c1-24-15-7-8-18-16(11-15)17(12-21-18)20(23)22-9-10-25-19(13-22)14-5-3-2-4-6-14/h2-8,11-12,19,21H,9-10,13H2,1H3. The number of H-pyrrole nitrogens is 1. The molecule has 2 aromatic carbocycles. The second-order valence-electron chi connectivity index (χ2n) is 6.14. The zero-order valence-corrected chi connectivity index (χ0v) is 14.1. The van der Waals surface area contributed by atoms with Gasteiger partial charge in [-0.15, -0.1) is 0 Å². The molecule has 128 valence electrons. The number of methoxy groups -OCH3 is 1. The molecule has 4 rings (SSSR count). The van der Waals surface area contributed by atoms with Crippen molar-refractivity contribution in [2.75, 3.05) is 26.8 Å². The van der Waals surface area contributed by atoms with E-state index in [0.717, 1.165) is 22.2 Å². The Kier molecular flexibility index (Phi) is 4.15. The summed E-state index contributed by atoms with van der Waals surface area (Å²) in [5, 5.41) is 0.882. The molecule has 1 aliphatic heterocycles. The van der Waals surface area contributed by atoms with Crippen molar-refractivity contribution in [3.8, 4) is 5.75 Å². The molecule has 0 bridgehead atoms. The van der Waals surface area contributed by atoms with Crippen molar-refractivity contribution in [3.63, 3.8) is 0 Å². The number of hydrogen-bond donors (Lipinski definition) is 1. The number of ether oxygens (including phenoxy) is 2.